The number of carbonyl (C=O) groups is 2. The summed E-state index contributed by atoms with van der Waals surface area (Å²) < 4.78 is 5.26. The Kier molecular flexibility index (Phi) is 4.23. The fraction of sp³-hybridized carbons (Fsp3) is 0.0909. The van der Waals surface area contributed by atoms with Crippen LogP contribution in [0.3, 0.4) is 0 Å². The van der Waals surface area contributed by atoms with Gasteiger partial charge in [-0.1, -0.05) is 11.3 Å². The molecule has 98 valence electrons. The number of hydrogen-bond donors (Lipinski definition) is 1. The summed E-state index contributed by atoms with van der Waals surface area (Å²) in [5.74, 6) is -0.832. The second-order valence-electron chi connectivity index (χ2n) is 3.37. The number of halogens is 1. The SMILES string of the molecule is COC(=O)c1cnc(NC(=O)c2cncc(Br)c2)s1. The fourth-order valence-corrected chi connectivity index (χ4v) is 2.33. The second-order valence-corrected chi connectivity index (χ2v) is 5.31. The summed E-state index contributed by atoms with van der Waals surface area (Å²) in [6, 6.07) is 1.64. The van der Waals surface area contributed by atoms with Crippen LogP contribution < -0.4 is 5.32 Å². The van der Waals surface area contributed by atoms with E-state index in [-0.39, 0.29) is 5.91 Å². The first-order chi connectivity index (χ1) is 9.10. The number of amides is 1. The molecule has 0 spiro atoms. The summed E-state index contributed by atoms with van der Waals surface area (Å²) in [5.41, 5.74) is 0.393. The maximum atomic E-state index is 11.9. The highest BCUT2D eigenvalue weighted by molar-refractivity contribution is 9.10. The molecule has 0 aliphatic heterocycles. The number of rotatable bonds is 3. The molecule has 6 nitrogen and oxygen atoms in total. The molecule has 2 heterocycles. The van der Waals surface area contributed by atoms with Crippen molar-refractivity contribution < 1.29 is 14.3 Å². The number of thiazole rings is 1. The summed E-state index contributed by atoms with van der Waals surface area (Å²) in [4.78, 5) is 31.3. The summed E-state index contributed by atoms with van der Waals surface area (Å²) in [6.45, 7) is 0. The van der Waals surface area contributed by atoms with Crippen molar-refractivity contribution in [2.24, 2.45) is 0 Å². The minimum Gasteiger partial charge on any atom is -0.465 e. The van der Waals surface area contributed by atoms with Crippen LogP contribution in [0, 0.1) is 0 Å². The molecule has 0 saturated carbocycles. The van der Waals surface area contributed by atoms with Crippen molar-refractivity contribution >= 4 is 44.3 Å². The van der Waals surface area contributed by atoms with Gasteiger partial charge in [0.05, 0.1) is 18.9 Å². The number of esters is 1. The van der Waals surface area contributed by atoms with E-state index in [0.29, 0.717) is 20.0 Å². The molecule has 0 bridgehead atoms. The van der Waals surface area contributed by atoms with Gasteiger partial charge in [0.15, 0.2) is 5.13 Å². The molecule has 1 N–H and O–H groups in total. The summed E-state index contributed by atoms with van der Waals surface area (Å²) in [7, 11) is 1.29. The van der Waals surface area contributed by atoms with E-state index in [0.717, 1.165) is 11.3 Å². The highest BCUT2D eigenvalue weighted by atomic mass is 79.9. The zero-order valence-electron chi connectivity index (χ0n) is 9.71. The highest BCUT2D eigenvalue weighted by Crippen LogP contribution is 2.20. The van der Waals surface area contributed by atoms with Crippen molar-refractivity contribution in [3.63, 3.8) is 0 Å². The Hall–Kier alpha value is -1.80. The number of nitrogens with one attached hydrogen (secondary N) is 1. The highest BCUT2D eigenvalue weighted by Gasteiger charge is 2.13. The zero-order valence-corrected chi connectivity index (χ0v) is 12.1. The predicted octanol–water partition coefficient (Wildman–Crippen LogP) is 2.34. The molecule has 0 radical (unpaired) electrons. The third kappa shape index (κ3) is 3.36. The Morgan fingerprint density at radius 1 is 1.37 bits per heavy atom. The second kappa shape index (κ2) is 5.89. The number of carbonyl (C=O) groups excluding carboxylic acids is 2. The molecule has 1 amide bonds. The molecule has 8 heteroatoms. The van der Waals surface area contributed by atoms with E-state index < -0.39 is 5.97 Å². The van der Waals surface area contributed by atoms with Gasteiger partial charge in [-0.25, -0.2) is 9.78 Å². The average molecular weight is 342 g/mol. The van der Waals surface area contributed by atoms with Crippen molar-refractivity contribution in [1.29, 1.82) is 0 Å². The number of pyridine rings is 1. The van der Waals surface area contributed by atoms with Gasteiger partial charge < -0.3 is 4.74 Å². The Labute approximate surface area is 121 Å². The molecule has 19 heavy (non-hydrogen) atoms. The van der Waals surface area contributed by atoms with Crippen molar-refractivity contribution in [2.75, 3.05) is 12.4 Å². The van der Waals surface area contributed by atoms with Crippen LogP contribution in [0.4, 0.5) is 5.13 Å². The van der Waals surface area contributed by atoms with Crippen molar-refractivity contribution in [2.45, 2.75) is 0 Å². The summed E-state index contributed by atoms with van der Waals surface area (Å²) in [6.07, 6.45) is 4.37. The monoisotopic (exact) mass is 341 g/mol. The third-order valence-corrected chi connectivity index (χ3v) is 3.41. The Bertz CT molecular complexity index is 629. The van der Waals surface area contributed by atoms with E-state index in [1.165, 1.54) is 19.5 Å². The molecule has 0 aliphatic rings. The van der Waals surface area contributed by atoms with E-state index in [9.17, 15) is 9.59 Å². The molecule has 0 aliphatic carbocycles. The molecule has 2 rings (SSSR count). The lowest BCUT2D eigenvalue weighted by molar-refractivity contribution is 0.0606. The predicted molar refractivity (Wildman–Crippen MR) is 73.3 cm³/mol. The van der Waals surface area contributed by atoms with Crippen LogP contribution in [-0.4, -0.2) is 29.0 Å². The van der Waals surface area contributed by atoms with Gasteiger partial charge in [0.25, 0.3) is 5.91 Å². The number of methoxy groups -OCH3 is 1. The topological polar surface area (TPSA) is 81.2 Å². The molecule has 0 atom stereocenters. The minimum absolute atomic E-state index is 0.324. The molecule has 2 aromatic rings. The Morgan fingerprint density at radius 3 is 2.84 bits per heavy atom. The first-order valence-corrected chi connectivity index (χ1v) is 6.67. The molecule has 0 fully saturated rings. The van der Waals surface area contributed by atoms with Crippen molar-refractivity contribution in [1.82, 2.24) is 9.97 Å². The normalized spacial score (nSPS) is 10.0. The van der Waals surface area contributed by atoms with E-state index in [1.807, 2.05) is 0 Å². The molecule has 0 unspecified atom stereocenters. The van der Waals surface area contributed by atoms with E-state index in [1.54, 1.807) is 12.3 Å². The lowest BCUT2D eigenvalue weighted by Crippen LogP contribution is -2.11. The van der Waals surface area contributed by atoms with E-state index >= 15 is 0 Å². The van der Waals surface area contributed by atoms with Crippen LogP contribution >= 0.6 is 27.3 Å². The van der Waals surface area contributed by atoms with Gasteiger partial charge in [-0.3, -0.25) is 15.1 Å². The lowest BCUT2D eigenvalue weighted by atomic mass is 10.3. The number of ether oxygens (including phenoxy) is 1. The number of hydrogen-bond acceptors (Lipinski definition) is 6. The first-order valence-electron chi connectivity index (χ1n) is 5.06. The largest absolute Gasteiger partial charge is 0.465 e. The average Bonchev–Trinajstić information content (AvgIpc) is 2.86. The van der Waals surface area contributed by atoms with Crippen LogP contribution in [0.1, 0.15) is 20.0 Å². The van der Waals surface area contributed by atoms with Gasteiger partial charge in [-0.2, -0.15) is 0 Å². The number of anilines is 1. The van der Waals surface area contributed by atoms with Gasteiger partial charge in [0.1, 0.15) is 4.88 Å². The van der Waals surface area contributed by atoms with Crippen molar-refractivity contribution in [3.8, 4) is 0 Å². The third-order valence-electron chi connectivity index (χ3n) is 2.08. The van der Waals surface area contributed by atoms with Gasteiger partial charge in [0, 0.05) is 16.9 Å². The van der Waals surface area contributed by atoms with Crippen LogP contribution in [0.15, 0.2) is 29.1 Å². The zero-order chi connectivity index (χ0) is 13.8. The number of aromatic nitrogens is 2. The molecular weight excluding hydrogens is 334 g/mol. The molecule has 0 saturated heterocycles. The summed E-state index contributed by atoms with van der Waals surface area (Å²) >= 11 is 4.27. The Morgan fingerprint density at radius 2 is 2.16 bits per heavy atom. The van der Waals surface area contributed by atoms with Crippen LogP contribution in [0.5, 0.6) is 0 Å². The van der Waals surface area contributed by atoms with Crippen LogP contribution in [-0.2, 0) is 4.74 Å². The van der Waals surface area contributed by atoms with E-state index in [2.05, 4.69) is 36.0 Å². The smallest absolute Gasteiger partial charge is 0.349 e. The quantitative estimate of drug-likeness (QED) is 0.866. The molecular formula is C11H8BrN3O3S. The van der Waals surface area contributed by atoms with Crippen molar-refractivity contribution in [3.05, 3.63) is 39.6 Å². The van der Waals surface area contributed by atoms with Gasteiger partial charge >= 0.3 is 5.97 Å². The minimum atomic E-state index is -0.484. The van der Waals surface area contributed by atoms with Crippen LogP contribution in [0.2, 0.25) is 0 Å². The lowest BCUT2D eigenvalue weighted by Gasteiger charge is -2.01. The fourth-order valence-electron chi connectivity index (χ4n) is 1.23. The molecule has 0 aromatic carbocycles. The van der Waals surface area contributed by atoms with Crippen LogP contribution in [0.25, 0.3) is 0 Å². The van der Waals surface area contributed by atoms with Gasteiger partial charge in [-0.15, -0.1) is 0 Å². The maximum Gasteiger partial charge on any atom is 0.349 e. The standard InChI is InChI=1S/C11H8BrN3O3S/c1-18-10(17)8-5-14-11(19-8)15-9(16)6-2-7(12)4-13-3-6/h2-5H,1H3,(H,14,15,16). The summed E-state index contributed by atoms with van der Waals surface area (Å²) in [5, 5.41) is 2.91. The first kappa shape index (κ1) is 13.6. The van der Waals surface area contributed by atoms with Gasteiger partial charge in [0.2, 0.25) is 0 Å². The maximum absolute atomic E-state index is 11.9. The Balaban J connectivity index is 2.11. The number of nitrogens with zero attached hydrogens (tertiary/aromatic N) is 2. The molecule has 2 aromatic heterocycles. The van der Waals surface area contributed by atoms with Gasteiger partial charge in [-0.05, 0) is 22.0 Å². The van der Waals surface area contributed by atoms with E-state index in [4.69, 9.17) is 0 Å².